The highest BCUT2D eigenvalue weighted by Crippen LogP contribution is 2.31. The summed E-state index contributed by atoms with van der Waals surface area (Å²) in [6.45, 7) is 3.16. The molecule has 4 heterocycles. The van der Waals surface area contributed by atoms with Crippen molar-refractivity contribution in [2.24, 2.45) is 7.05 Å². The Balaban J connectivity index is 1.00. The van der Waals surface area contributed by atoms with Gasteiger partial charge in [0.25, 0.3) is 0 Å². The van der Waals surface area contributed by atoms with Crippen molar-refractivity contribution >= 4 is 35.3 Å². The lowest BCUT2D eigenvalue weighted by Gasteiger charge is -2.26. The molecule has 0 aliphatic carbocycles. The van der Waals surface area contributed by atoms with Gasteiger partial charge in [0.15, 0.2) is 16.8 Å². The summed E-state index contributed by atoms with van der Waals surface area (Å²) in [5.74, 6) is 8.99. The molecule has 2 aliphatic rings. The van der Waals surface area contributed by atoms with E-state index in [1.807, 2.05) is 63.9 Å². The van der Waals surface area contributed by atoms with E-state index in [0.717, 1.165) is 80.4 Å². The number of likely N-dealkylation sites (tertiary alicyclic amines) is 2. The molecule has 0 spiro atoms. The molecule has 2 aliphatic heterocycles. The summed E-state index contributed by atoms with van der Waals surface area (Å²) in [5.41, 5.74) is 3.13. The van der Waals surface area contributed by atoms with Crippen LogP contribution in [0.3, 0.4) is 0 Å². The summed E-state index contributed by atoms with van der Waals surface area (Å²) in [4.78, 5) is 29.6. The van der Waals surface area contributed by atoms with E-state index in [2.05, 4.69) is 32.5 Å². The highest BCUT2D eigenvalue weighted by molar-refractivity contribution is 8.00. The number of aromatic nitrogens is 6. The molecule has 13 heteroatoms. The normalized spacial score (nSPS) is 17.3. The molecule has 1 unspecified atom stereocenters. The average molecular weight is 646 g/mol. The summed E-state index contributed by atoms with van der Waals surface area (Å²) >= 11 is 2.77. The van der Waals surface area contributed by atoms with Gasteiger partial charge in [0.2, 0.25) is 17.0 Å². The van der Waals surface area contributed by atoms with Crippen LogP contribution in [0.1, 0.15) is 50.0 Å². The SMILES string of the molecule is Cn1c(SCC(=O)N2CCCC(c3ccc(-c4nnc(SCC(=O)N5CCCCC5)n4N)cc3)CC2)nnc1-c1ccccc1. The fourth-order valence-electron chi connectivity index (χ4n) is 6.01. The maximum absolute atomic E-state index is 13.2. The summed E-state index contributed by atoms with van der Waals surface area (Å²) in [6, 6.07) is 18.3. The van der Waals surface area contributed by atoms with Gasteiger partial charge in [-0.2, -0.15) is 0 Å². The molecule has 2 amide bonds. The second-order valence-corrected chi connectivity index (χ2v) is 13.4. The third kappa shape index (κ3) is 7.36. The van der Waals surface area contributed by atoms with Gasteiger partial charge < -0.3 is 20.2 Å². The van der Waals surface area contributed by atoms with Gasteiger partial charge in [-0.3, -0.25) is 9.59 Å². The molecule has 236 valence electrons. The number of nitrogen functional groups attached to an aromatic ring is 1. The Morgan fingerprint density at radius 2 is 1.31 bits per heavy atom. The minimum atomic E-state index is 0.124. The van der Waals surface area contributed by atoms with E-state index in [4.69, 9.17) is 5.84 Å². The van der Waals surface area contributed by atoms with Crippen LogP contribution in [0.15, 0.2) is 64.9 Å². The van der Waals surface area contributed by atoms with E-state index < -0.39 is 0 Å². The van der Waals surface area contributed by atoms with Crippen molar-refractivity contribution in [2.45, 2.75) is 54.8 Å². The zero-order valence-electron chi connectivity index (χ0n) is 25.5. The number of piperidine rings is 1. The number of hydrogen-bond acceptors (Lipinski definition) is 9. The zero-order chi connectivity index (χ0) is 31.2. The van der Waals surface area contributed by atoms with E-state index >= 15 is 0 Å². The molecular formula is C32H39N9O2S2. The summed E-state index contributed by atoms with van der Waals surface area (Å²) in [6.07, 6.45) is 6.23. The van der Waals surface area contributed by atoms with Crippen LogP contribution in [-0.4, -0.2) is 88.9 Å². The highest BCUT2D eigenvalue weighted by atomic mass is 32.2. The van der Waals surface area contributed by atoms with Crippen molar-refractivity contribution in [1.29, 1.82) is 0 Å². The van der Waals surface area contributed by atoms with Crippen molar-refractivity contribution in [2.75, 3.05) is 43.5 Å². The second-order valence-electron chi connectivity index (χ2n) is 11.6. The molecule has 11 nitrogen and oxygen atoms in total. The maximum atomic E-state index is 13.2. The number of rotatable bonds is 9. The van der Waals surface area contributed by atoms with Crippen LogP contribution in [0.25, 0.3) is 22.8 Å². The molecule has 2 N–H and O–H groups in total. The van der Waals surface area contributed by atoms with Crippen LogP contribution in [0, 0.1) is 0 Å². The molecule has 2 aromatic heterocycles. The summed E-state index contributed by atoms with van der Waals surface area (Å²) in [7, 11) is 1.94. The van der Waals surface area contributed by atoms with Gasteiger partial charge in [0.05, 0.1) is 11.5 Å². The number of amides is 2. The fraction of sp³-hybridized carbons (Fsp3) is 0.438. The Morgan fingerprint density at radius 1 is 0.711 bits per heavy atom. The zero-order valence-corrected chi connectivity index (χ0v) is 27.2. The van der Waals surface area contributed by atoms with Gasteiger partial charge in [0.1, 0.15) is 0 Å². The standard InChI is InChI=1S/C32H39N9O2S2/c1-38-29(25-9-4-2-5-10-25)34-36-31(38)44-21-28(43)40-19-8-11-23(16-20-40)24-12-14-26(15-13-24)30-35-37-32(41(30)33)45-22-27(42)39-17-6-3-7-18-39/h2,4-5,9-10,12-15,23H,3,6-8,11,16-22,33H2,1H3. The third-order valence-corrected chi connectivity index (χ3v) is 10.5. The number of benzene rings is 2. The monoisotopic (exact) mass is 645 g/mol. The maximum Gasteiger partial charge on any atom is 0.233 e. The van der Waals surface area contributed by atoms with Crippen LogP contribution < -0.4 is 5.84 Å². The fourth-order valence-corrected chi connectivity index (χ4v) is 7.59. The molecule has 0 bridgehead atoms. The Bertz CT molecular complexity index is 1600. The first-order valence-electron chi connectivity index (χ1n) is 15.5. The van der Waals surface area contributed by atoms with Gasteiger partial charge in [0, 0.05) is 44.4 Å². The van der Waals surface area contributed by atoms with Crippen molar-refractivity contribution in [1.82, 2.24) is 39.4 Å². The van der Waals surface area contributed by atoms with Gasteiger partial charge >= 0.3 is 0 Å². The van der Waals surface area contributed by atoms with Crippen molar-refractivity contribution in [3.63, 3.8) is 0 Å². The smallest absolute Gasteiger partial charge is 0.233 e. The molecule has 4 aromatic rings. The predicted molar refractivity (Wildman–Crippen MR) is 177 cm³/mol. The summed E-state index contributed by atoms with van der Waals surface area (Å²) < 4.78 is 3.42. The number of nitrogens with zero attached hydrogens (tertiary/aromatic N) is 8. The van der Waals surface area contributed by atoms with Crippen LogP contribution >= 0.6 is 23.5 Å². The van der Waals surface area contributed by atoms with Gasteiger partial charge in [-0.15, -0.1) is 20.4 Å². The molecule has 1 atom stereocenters. The number of thioether (sulfide) groups is 2. The van der Waals surface area contributed by atoms with Crippen LogP contribution in [0.4, 0.5) is 0 Å². The molecule has 2 fully saturated rings. The molecule has 0 saturated carbocycles. The minimum absolute atomic E-state index is 0.124. The number of carbonyl (C=O) groups is 2. The third-order valence-electron chi connectivity index (χ3n) is 8.61. The van der Waals surface area contributed by atoms with Crippen molar-refractivity contribution < 1.29 is 9.59 Å². The van der Waals surface area contributed by atoms with E-state index in [0.29, 0.717) is 28.4 Å². The number of hydrogen-bond donors (Lipinski definition) is 1. The molecule has 0 radical (unpaired) electrons. The topological polar surface area (TPSA) is 128 Å². The quantitative estimate of drug-likeness (QED) is 0.207. The van der Waals surface area contributed by atoms with E-state index in [1.165, 1.54) is 40.2 Å². The van der Waals surface area contributed by atoms with Crippen molar-refractivity contribution in [3.05, 3.63) is 60.2 Å². The van der Waals surface area contributed by atoms with Crippen LogP contribution in [-0.2, 0) is 16.6 Å². The van der Waals surface area contributed by atoms with Crippen LogP contribution in [0.2, 0.25) is 0 Å². The first kappa shape index (κ1) is 31.2. The van der Waals surface area contributed by atoms with Gasteiger partial charge in [-0.25, -0.2) is 4.68 Å². The lowest BCUT2D eigenvalue weighted by molar-refractivity contribution is -0.129. The molecule has 45 heavy (non-hydrogen) atoms. The first-order valence-corrected chi connectivity index (χ1v) is 17.5. The highest BCUT2D eigenvalue weighted by Gasteiger charge is 2.24. The molecule has 2 aromatic carbocycles. The largest absolute Gasteiger partial charge is 0.342 e. The van der Waals surface area contributed by atoms with E-state index in [9.17, 15) is 9.59 Å². The Hall–Kier alpha value is -3.84. The second kappa shape index (κ2) is 14.5. The van der Waals surface area contributed by atoms with E-state index in [-0.39, 0.29) is 11.8 Å². The number of nitrogens with two attached hydrogens (primary N) is 1. The Labute approximate surface area is 271 Å². The molecule has 2 saturated heterocycles. The predicted octanol–water partition coefficient (Wildman–Crippen LogP) is 4.45. The Morgan fingerprint density at radius 3 is 2.04 bits per heavy atom. The average Bonchev–Trinajstić information content (AvgIpc) is 3.53. The summed E-state index contributed by atoms with van der Waals surface area (Å²) in [5, 5.41) is 18.5. The lowest BCUT2D eigenvalue weighted by atomic mass is 9.91. The first-order chi connectivity index (χ1) is 22.0. The van der Waals surface area contributed by atoms with E-state index in [1.54, 1.807) is 0 Å². The Kier molecular flexibility index (Phi) is 10.0. The van der Waals surface area contributed by atoms with Gasteiger partial charge in [-0.05, 0) is 50.0 Å². The van der Waals surface area contributed by atoms with Crippen LogP contribution in [0.5, 0.6) is 0 Å². The lowest BCUT2D eigenvalue weighted by Crippen LogP contribution is -2.36. The van der Waals surface area contributed by atoms with Crippen molar-refractivity contribution in [3.8, 4) is 22.8 Å². The molecule has 6 rings (SSSR count). The molecular weight excluding hydrogens is 607 g/mol. The number of carbonyl (C=O) groups excluding carboxylic acids is 2. The minimum Gasteiger partial charge on any atom is -0.342 e. The van der Waals surface area contributed by atoms with Gasteiger partial charge in [-0.1, -0.05) is 78.1 Å².